The minimum atomic E-state index is 0.856. The summed E-state index contributed by atoms with van der Waals surface area (Å²) in [6.45, 7) is 8.21. The van der Waals surface area contributed by atoms with Gasteiger partial charge in [-0.3, -0.25) is 9.67 Å². The zero-order valence-electron chi connectivity index (χ0n) is 13.9. The van der Waals surface area contributed by atoms with Crippen LogP contribution in [0.3, 0.4) is 0 Å². The van der Waals surface area contributed by atoms with Gasteiger partial charge < -0.3 is 4.42 Å². The molecule has 0 atom stereocenters. The van der Waals surface area contributed by atoms with Gasteiger partial charge in [0.05, 0.1) is 11.2 Å². The van der Waals surface area contributed by atoms with Crippen molar-refractivity contribution < 1.29 is 4.42 Å². The van der Waals surface area contributed by atoms with E-state index in [2.05, 4.69) is 33.9 Å². The molecule has 0 radical (unpaired) electrons. The smallest absolute Gasteiger partial charge is 0.180 e. The Morgan fingerprint density at radius 3 is 2.05 bits per heavy atom. The van der Waals surface area contributed by atoms with Crippen molar-refractivity contribution >= 4 is 11.3 Å². The number of thiazole rings is 1. The Morgan fingerprint density at radius 2 is 1.91 bits per heavy atom. The van der Waals surface area contributed by atoms with Gasteiger partial charge in [0.2, 0.25) is 0 Å². The van der Waals surface area contributed by atoms with Crippen molar-refractivity contribution in [3.63, 3.8) is 0 Å². The average Bonchev–Trinajstić information content (AvgIpc) is 3.26. The molecule has 0 saturated heterocycles. The molecule has 0 bridgehead atoms. The van der Waals surface area contributed by atoms with E-state index < -0.39 is 0 Å². The molecular weight excluding hydrogens is 298 g/mol. The predicted octanol–water partition coefficient (Wildman–Crippen LogP) is 4.06. The Kier molecular flexibility index (Phi) is 12.7. The van der Waals surface area contributed by atoms with Crippen LogP contribution in [-0.2, 0) is 7.05 Å². The van der Waals surface area contributed by atoms with E-state index in [4.69, 9.17) is 4.42 Å². The third-order valence-electron chi connectivity index (χ3n) is 2.15. The van der Waals surface area contributed by atoms with E-state index >= 15 is 0 Å². The van der Waals surface area contributed by atoms with Crippen LogP contribution in [0, 0.1) is 13.8 Å². The van der Waals surface area contributed by atoms with Gasteiger partial charge in [-0.05, 0) is 13.8 Å². The molecule has 7 heteroatoms. The van der Waals surface area contributed by atoms with Crippen LogP contribution in [0.25, 0.3) is 0 Å². The lowest BCUT2D eigenvalue weighted by Gasteiger charge is -1.74. The average molecular weight is 323 g/mol. The topological polar surface area (TPSA) is 69.6 Å². The summed E-state index contributed by atoms with van der Waals surface area (Å²) in [6.07, 6.45) is 10.7. The maximum Gasteiger partial charge on any atom is 0.180 e. The highest BCUT2D eigenvalue weighted by Crippen LogP contribution is 1.98. The van der Waals surface area contributed by atoms with Crippen LogP contribution in [0.1, 0.15) is 37.5 Å². The first-order valence-corrected chi connectivity index (χ1v) is 7.97. The highest BCUT2D eigenvalue weighted by Gasteiger charge is 1.77. The maximum absolute atomic E-state index is 4.72. The lowest BCUT2D eigenvalue weighted by Crippen LogP contribution is -1.83. The van der Waals surface area contributed by atoms with Gasteiger partial charge in [0.15, 0.2) is 6.39 Å². The molecular formula is C15H25N5OS. The van der Waals surface area contributed by atoms with Crippen LogP contribution in [0.4, 0.5) is 0 Å². The van der Waals surface area contributed by atoms with Crippen LogP contribution >= 0.6 is 11.3 Å². The summed E-state index contributed by atoms with van der Waals surface area (Å²) in [5.41, 5.74) is 0. The number of hydrogen-bond donors (Lipinski definition) is 0. The summed E-state index contributed by atoms with van der Waals surface area (Å²) < 4.78 is 6.36. The van der Waals surface area contributed by atoms with Crippen LogP contribution in [-0.4, -0.2) is 24.7 Å². The van der Waals surface area contributed by atoms with E-state index in [1.807, 2.05) is 26.3 Å². The van der Waals surface area contributed by atoms with Crippen LogP contribution in [0.2, 0.25) is 0 Å². The standard InChI is InChI=1S/C4H5NO.C4H5NS.C4H10.C3H5N3/c1-4-2-5-3-6-4;1-4-5-2-3-6-4;1-3-4-2;1-6-3-4-2-5-6/h2*2-3H,1H3;3-4H2,1-2H3;2-3H,1H3. The van der Waals surface area contributed by atoms with Crippen LogP contribution < -0.4 is 0 Å². The van der Waals surface area contributed by atoms with Crippen molar-refractivity contribution in [3.05, 3.63) is 47.6 Å². The molecule has 0 aliphatic carbocycles. The van der Waals surface area contributed by atoms with Crippen LogP contribution in [0.15, 0.2) is 41.2 Å². The Labute approximate surface area is 136 Å². The van der Waals surface area contributed by atoms with Gasteiger partial charge in [-0.25, -0.2) is 9.97 Å². The SMILES string of the molecule is CCCC.Cc1cnco1.Cc1nccs1.Cn1cncn1. The molecule has 3 aromatic rings. The minimum Gasteiger partial charge on any atom is -0.449 e. The molecule has 0 aliphatic heterocycles. The molecule has 3 aromatic heterocycles. The second kappa shape index (κ2) is 13.9. The molecule has 0 amide bonds. The monoisotopic (exact) mass is 323 g/mol. The lowest BCUT2D eigenvalue weighted by molar-refractivity contribution is 0.527. The number of unbranched alkanes of at least 4 members (excludes halogenated alkanes) is 1. The number of hydrogen-bond acceptors (Lipinski definition) is 6. The highest BCUT2D eigenvalue weighted by molar-refractivity contribution is 7.09. The molecule has 0 aliphatic rings. The summed E-state index contributed by atoms with van der Waals surface area (Å²) in [4.78, 5) is 11.3. The fourth-order valence-corrected chi connectivity index (χ4v) is 1.28. The highest BCUT2D eigenvalue weighted by atomic mass is 32.1. The molecule has 0 fully saturated rings. The summed E-state index contributed by atoms with van der Waals surface area (Å²) in [5.74, 6) is 0.856. The normalized spacial score (nSPS) is 8.59. The zero-order valence-corrected chi connectivity index (χ0v) is 14.7. The number of aryl methyl sites for hydroxylation is 3. The number of aromatic nitrogens is 5. The van der Waals surface area contributed by atoms with Crippen molar-refractivity contribution in [2.75, 3.05) is 0 Å². The molecule has 6 nitrogen and oxygen atoms in total. The Hall–Kier alpha value is -2.02. The summed E-state index contributed by atoms with van der Waals surface area (Å²) in [6, 6.07) is 0. The summed E-state index contributed by atoms with van der Waals surface area (Å²) in [5, 5.41) is 6.82. The molecule has 22 heavy (non-hydrogen) atoms. The van der Waals surface area contributed by atoms with E-state index in [9.17, 15) is 0 Å². The first kappa shape index (κ1) is 20.0. The number of nitrogens with zero attached hydrogens (tertiary/aromatic N) is 5. The van der Waals surface area contributed by atoms with Gasteiger partial charge in [-0.2, -0.15) is 5.10 Å². The van der Waals surface area contributed by atoms with Crippen molar-refractivity contribution in [1.29, 1.82) is 0 Å². The summed E-state index contributed by atoms with van der Waals surface area (Å²) >= 11 is 1.67. The molecule has 122 valence electrons. The zero-order chi connectivity index (χ0) is 16.6. The molecule has 3 rings (SSSR count). The largest absolute Gasteiger partial charge is 0.449 e. The number of rotatable bonds is 1. The maximum atomic E-state index is 4.72. The van der Waals surface area contributed by atoms with Gasteiger partial charge in [0.25, 0.3) is 0 Å². The van der Waals surface area contributed by atoms with Gasteiger partial charge in [0, 0.05) is 18.6 Å². The van der Waals surface area contributed by atoms with Crippen molar-refractivity contribution in [2.45, 2.75) is 40.5 Å². The Bertz CT molecular complexity index is 442. The van der Waals surface area contributed by atoms with Gasteiger partial charge >= 0.3 is 0 Å². The Balaban J connectivity index is 0.000000271. The van der Waals surface area contributed by atoms with E-state index in [0.29, 0.717) is 0 Å². The quantitative estimate of drug-likeness (QED) is 0.675. The third-order valence-corrected chi connectivity index (χ3v) is 2.85. The van der Waals surface area contributed by atoms with Gasteiger partial charge in [-0.15, -0.1) is 11.3 Å². The van der Waals surface area contributed by atoms with E-state index in [1.165, 1.54) is 25.6 Å². The molecule has 0 N–H and O–H groups in total. The molecule has 0 saturated carbocycles. The van der Waals surface area contributed by atoms with Crippen molar-refractivity contribution in [3.8, 4) is 0 Å². The first-order chi connectivity index (χ1) is 10.6. The summed E-state index contributed by atoms with van der Waals surface area (Å²) in [7, 11) is 1.83. The van der Waals surface area contributed by atoms with E-state index in [0.717, 1.165) is 10.8 Å². The second-order valence-electron chi connectivity index (χ2n) is 4.23. The predicted molar refractivity (Wildman–Crippen MR) is 89.7 cm³/mol. The van der Waals surface area contributed by atoms with Gasteiger partial charge in [-0.1, -0.05) is 26.7 Å². The van der Waals surface area contributed by atoms with E-state index in [-0.39, 0.29) is 0 Å². The van der Waals surface area contributed by atoms with Crippen molar-refractivity contribution in [1.82, 2.24) is 24.7 Å². The van der Waals surface area contributed by atoms with Crippen molar-refractivity contribution in [2.24, 2.45) is 7.05 Å². The molecule has 0 aromatic carbocycles. The first-order valence-electron chi connectivity index (χ1n) is 7.09. The second-order valence-corrected chi connectivity index (χ2v) is 5.33. The van der Waals surface area contributed by atoms with Crippen LogP contribution in [0.5, 0.6) is 0 Å². The van der Waals surface area contributed by atoms with Gasteiger partial charge in [0.1, 0.15) is 18.4 Å². The Morgan fingerprint density at radius 1 is 1.18 bits per heavy atom. The number of oxazole rings is 1. The molecule has 0 spiro atoms. The van der Waals surface area contributed by atoms with E-state index in [1.54, 1.807) is 34.7 Å². The molecule has 0 unspecified atom stereocenters. The molecule has 3 heterocycles. The minimum absolute atomic E-state index is 0.856. The third kappa shape index (κ3) is 13.0. The fourth-order valence-electron chi connectivity index (χ4n) is 0.841. The lowest BCUT2D eigenvalue weighted by atomic mass is 10.4. The fraction of sp³-hybridized carbons (Fsp3) is 0.467.